The molecule has 1 aliphatic carbocycles. The van der Waals surface area contributed by atoms with Crippen molar-refractivity contribution in [3.63, 3.8) is 0 Å². The number of carbonyl (C=O) groups is 1. The third-order valence-corrected chi connectivity index (χ3v) is 7.22. The van der Waals surface area contributed by atoms with Gasteiger partial charge in [-0.25, -0.2) is 29.4 Å². The third-order valence-electron chi connectivity index (χ3n) is 6.93. The van der Waals surface area contributed by atoms with Gasteiger partial charge in [-0.2, -0.15) is 45.3 Å². The van der Waals surface area contributed by atoms with E-state index in [0.29, 0.717) is 23.7 Å². The van der Waals surface area contributed by atoms with Crippen LogP contribution in [0, 0.1) is 0 Å². The van der Waals surface area contributed by atoms with E-state index in [1.165, 1.54) is 6.07 Å². The molecule has 4 aromatic rings. The summed E-state index contributed by atoms with van der Waals surface area (Å²) in [5.74, 6) is -0.229. The maximum absolute atomic E-state index is 13.6. The zero-order chi connectivity index (χ0) is 33.2. The highest BCUT2D eigenvalue weighted by molar-refractivity contribution is 6.32. The van der Waals surface area contributed by atoms with Gasteiger partial charge in [0.2, 0.25) is 5.95 Å². The SMILES string of the molecule is O=C(NCC(F)(F)F)N(c1cnc(-c2ccn(C(F)F)n2)cn1)C1CCC(Nc2ncc(C(F)(F)F)c(-c3[nH]ncc3Cl)n2)CC1. The normalized spacial score (nSPS) is 17.3. The van der Waals surface area contributed by atoms with Crippen LogP contribution in [0.2, 0.25) is 5.02 Å². The monoisotopic (exact) mass is 679 g/mol. The number of nitrogens with one attached hydrogen (secondary N) is 3. The van der Waals surface area contributed by atoms with Gasteiger partial charge in [0, 0.05) is 24.5 Å². The number of nitrogens with zero attached hydrogens (tertiary/aromatic N) is 8. The van der Waals surface area contributed by atoms with Gasteiger partial charge in [-0.05, 0) is 31.7 Å². The third kappa shape index (κ3) is 7.60. The van der Waals surface area contributed by atoms with Crippen LogP contribution in [0.1, 0.15) is 37.8 Å². The molecule has 0 bridgehead atoms. The molecular formula is C25H22ClF8N11O. The van der Waals surface area contributed by atoms with E-state index >= 15 is 0 Å². The predicted molar refractivity (Wildman–Crippen MR) is 146 cm³/mol. The first-order valence-corrected chi connectivity index (χ1v) is 13.8. The Kier molecular flexibility index (Phi) is 9.27. The standard InChI is InChI=1S/C25H22ClF8N11O/c26-15-8-39-42-20(15)19-14(25(32,33)34)7-37-22(41-19)40-12-1-3-13(4-2-12)45(23(46)38-11-24(29,30)31)18-10-35-17(9-36-18)16-5-6-44(43-16)21(27)28/h5-10,12-13,21H,1-4,11H2,(H,38,46)(H,39,42)(H,37,40,41). The van der Waals surface area contributed by atoms with E-state index in [1.807, 2.05) is 5.32 Å². The van der Waals surface area contributed by atoms with Crippen LogP contribution in [0.5, 0.6) is 0 Å². The van der Waals surface area contributed by atoms with E-state index in [0.717, 1.165) is 29.7 Å². The molecule has 4 aromatic heterocycles. The summed E-state index contributed by atoms with van der Waals surface area (Å²) in [5.41, 5.74) is -1.67. The maximum atomic E-state index is 13.6. The molecule has 0 atom stereocenters. The van der Waals surface area contributed by atoms with Crippen LogP contribution in [0.25, 0.3) is 22.8 Å². The lowest BCUT2D eigenvalue weighted by atomic mass is 9.90. The van der Waals surface area contributed by atoms with Crippen molar-refractivity contribution in [2.75, 3.05) is 16.8 Å². The molecule has 5 rings (SSSR count). The number of anilines is 2. The average Bonchev–Trinajstić information content (AvgIpc) is 3.66. The zero-order valence-electron chi connectivity index (χ0n) is 23.1. The summed E-state index contributed by atoms with van der Waals surface area (Å²) in [6.07, 6.45) is -3.34. The number of aromatic amines is 1. The van der Waals surface area contributed by atoms with Gasteiger partial charge in [0.15, 0.2) is 5.82 Å². The molecule has 2 amide bonds. The van der Waals surface area contributed by atoms with Crippen LogP contribution >= 0.6 is 11.6 Å². The van der Waals surface area contributed by atoms with Crippen LogP contribution in [0.15, 0.2) is 37.1 Å². The number of hydrogen-bond donors (Lipinski definition) is 3. The number of aromatic nitrogens is 8. The predicted octanol–water partition coefficient (Wildman–Crippen LogP) is 6.09. The van der Waals surface area contributed by atoms with Crippen molar-refractivity contribution in [3.8, 4) is 22.8 Å². The molecule has 3 N–H and O–H groups in total. The molecular weight excluding hydrogens is 658 g/mol. The van der Waals surface area contributed by atoms with Crippen LogP contribution in [0.4, 0.5) is 51.7 Å². The summed E-state index contributed by atoms with van der Waals surface area (Å²) in [5, 5.41) is 14.4. The Balaban J connectivity index is 1.32. The summed E-state index contributed by atoms with van der Waals surface area (Å²) >= 11 is 5.98. The summed E-state index contributed by atoms with van der Waals surface area (Å²) in [6.45, 7) is -4.50. The van der Waals surface area contributed by atoms with Gasteiger partial charge >= 0.3 is 24.9 Å². The topological polar surface area (TPSA) is 142 Å². The number of rotatable bonds is 8. The fourth-order valence-corrected chi connectivity index (χ4v) is 5.01. The fourth-order valence-electron chi connectivity index (χ4n) is 4.83. The zero-order valence-corrected chi connectivity index (χ0v) is 23.9. The largest absolute Gasteiger partial charge is 0.420 e. The summed E-state index contributed by atoms with van der Waals surface area (Å²) in [4.78, 5) is 30.1. The average molecular weight is 680 g/mol. The molecule has 0 unspecified atom stereocenters. The van der Waals surface area contributed by atoms with Crippen LogP contribution in [0.3, 0.4) is 0 Å². The molecule has 0 aromatic carbocycles. The lowest BCUT2D eigenvalue weighted by molar-refractivity contribution is -0.137. The quantitative estimate of drug-likeness (QED) is 0.190. The van der Waals surface area contributed by atoms with Crippen molar-refractivity contribution in [2.45, 2.75) is 56.7 Å². The van der Waals surface area contributed by atoms with E-state index in [-0.39, 0.29) is 52.8 Å². The molecule has 4 heterocycles. The minimum atomic E-state index is -4.79. The number of halogens is 9. The molecule has 0 radical (unpaired) electrons. The molecule has 21 heteroatoms. The summed E-state index contributed by atoms with van der Waals surface area (Å²) in [6, 6.07) is -0.857. The van der Waals surface area contributed by atoms with Gasteiger partial charge in [0.05, 0.1) is 23.6 Å². The Labute approximate surface area is 258 Å². The molecule has 0 saturated heterocycles. The number of hydrogen-bond acceptors (Lipinski definition) is 8. The van der Waals surface area contributed by atoms with Gasteiger partial charge in [-0.15, -0.1) is 0 Å². The number of amides is 2. The highest BCUT2D eigenvalue weighted by atomic mass is 35.5. The Morgan fingerprint density at radius 3 is 2.33 bits per heavy atom. The minimum absolute atomic E-state index is 0.0578. The molecule has 0 spiro atoms. The van der Waals surface area contributed by atoms with E-state index in [4.69, 9.17) is 11.6 Å². The van der Waals surface area contributed by atoms with E-state index in [2.05, 4.69) is 40.5 Å². The Morgan fingerprint density at radius 1 is 1.02 bits per heavy atom. The summed E-state index contributed by atoms with van der Waals surface area (Å²) < 4.78 is 106. The molecule has 0 aliphatic heterocycles. The van der Waals surface area contributed by atoms with E-state index in [9.17, 15) is 39.9 Å². The molecule has 12 nitrogen and oxygen atoms in total. The van der Waals surface area contributed by atoms with Crippen LogP contribution in [-0.2, 0) is 6.18 Å². The Morgan fingerprint density at radius 2 is 1.76 bits per heavy atom. The van der Waals surface area contributed by atoms with Crippen molar-refractivity contribution in [1.29, 1.82) is 0 Å². The van der Waals surface area contributed by atoms with Crippen molar-refractivity contribution < 1.29 is 39.9 Å². The highest BCUT2D eigenvalue weighted by Crippen LogP contribution is 2.38. The first kappa shape index (κ1) is 32.8. The lowest BCUT2D eigenvalue weighted by Gasteiger charge is -2.36. The molecule has 246 valence electrons. The van der Waals surface area contributed by atoms with Crippen molar-refractivity contribution in [1.82, 2.24) is 45.2 Å². The lowest BCUT2D eigenvalue weighted by Crippen LogP contribution is -2.50. The second kappa shape index (κ2) is 13.0. The Bertz CT molecular complexity index is 1650. The molecule has 1 aliphatic rings. The second-order valence-corrected chi connectivity index (χ2v) is 10.5. The number of alkyl halides is 8. The molecule has 46 heavy (non-hydrogen) atoms. The van der Waals surface area contributed by atoms with Crippen molar-refractivity contribution in [2.24, 2.45) is 0 Å². The maximum Gasteiger partial charge on any atom is 0.420 e. The van der Waals surface area contributed by atoms with E-state index in [1.54, 1.807) is 0 Å². The van der Waals surface area contributed by atoms with Gasteiger partial charge in [0.25, 0.3) is 0 Å². The van der Waals surface area contributed by atoms with Crippen molar-refractivity contribution >= 4 is 29.4 Å². The summed E-state index contributed by atoms with van der Waals surface area (Å²) in [7, 11) is 0. The van der Waals surface area contributed by atoms with Gasteiger partial charge < -0.3 is 10.6 Å². The smallest absolute Gasteiger partial charge is 0.351 e. The van der Waals surface area contributed by atoms with E-state index < -0.39 is 48.8 Å². The highest BCUT2D eigenvalue weighted by Gasteiger charge is 2.37. The number of H-pyrrole nitrogens is 1. The first-order valence-electron chi connectivity index (χ1n) is 13.4. The first-order chi connectivity index (χ1) is 21.7. The second-order valence-electron chi connectivity index (χ2n) is 10.1. The minimum Gasteiger partial charge on any atom is -0.351 e. The van der Waals surface area contributed by atoms with Gasteiger partial charge in [0.1, 0.15) is 34.9 Å². The van der Waals surface area contributed by atoms with Crippen LogP contribution in [-0.4, -0.2) is 70.7 Å². The Hall–Kier alpha value is -4.62. The van der Waals surface area contributed by atoms with Crippen LogP contribution < -0.4 is 15.5 Å². The fraction of sp³-hybridized carbons (Fsp3) is 0.400. The van der Waals surface area contributed by atoms with Gasteiger partial charge in [-0.1, -0.05) is 11.6 Å². The molecule has 1 saturated carbocycles. The number of carbonyl (C=O) groups excluding carboxylic acids is 1. The van der Waals surface area contributed by atoms with Crippen molar-refractivity contribution in [3.05, 3.63) is 47.6 Å². The molecule has 1 fully saturated rings. The number of urea groups is 1. The van der Waals surface area contributed by atoms with Gasteiger partial charge in [-0.3, -0.25) is 10.00 Å².